The third-order valence-electron chi connectivity index (χ3n) is 3.26. The van der Waals surface area contributed by atoms with E-state index in [4.69, 9.17) is 9.47 Å². The summed E-state index contributed by atoms with van der Waals surface area (Å²) in [6.45, 7) is 2.16. The second-order valence-electron chi connectivity index (χ2n) is 4.92. The molecule has 2 aromatic rings. The van der Waals surface area contributed by atoms with Crippen molar-refractivity contribution in [2.24, 2.45) is 0 Å². The van der Waals surface area contributed by atoms with Gasteiger partial charge in [-0.25, -0.2) is 0 Å². The van der Waals surface area contributed by atoms with Crippen LogP contribution in [0.4, 0.5) is 5.69 Å². The first-order valence-corrected chi connectivity index (χ1v) is 6.82. The molecular weight excluding hydrogens is 268 g/mol. The SMILES string of the molecule is Cc1cc(NC(=O)CCc2ccc3c(c2)OCO3)ccn1. The lowest BCUT2D eigenvalue weighted by Gasteiger charge is -2.06. The molecule has 108 valence electrons. The molecule has 0 fully saturated rings. The molecule has 5 nitrogen and oxygen atoms in total. The molecule has 2 heterocycles. The topological polar surface area (TPSA) is 60.5 Å². The molecule has 1 aliphatic rings. The van der Waals surface area contributed by atoms with E-state index in [2.05, 4.69) is 10.3 Å². The van der Waals surface area contributed by atoms with Gasteiger partial charge in [-0.3, -0.25) is 9.78 Å². The summed E-state index contributed by atoms with van der Waals surface area (Å²) in [7, 11) is 0. The fourth-order valence-electron chi connectivity index (χ4n) is 2.20. The van der Waals surface area contributed by atoms with Crippen molar-refractivity contribution >= 4 is 11.6 Å². The van der Waals surface area contributed by atoms with Crippen molar-refractivity contribution in [3.05, 3.63) is 47.8 Å². The third kappa shape index (κ3) is 3.31. The van der Waals surface area contributed by atoms with Crippen molar-refractivity contribution in [2.75, 3.05) is 12.1 Å². The van der Waals surface area contributed by atoms with E-state index >= 15 is 0 Å². The van der Waals surface area contributed by atoms with Crippen LogP contribution in [0.2, 0.25) is 0 Å². The molecule has 0 spiro atoms. The van der Waals surface area contributed by atoms with Crippen LogP contribution in [0.5, 0.6) is 11.5 Å². The molecule has 0 bridgehead atoms. The van der Waals surface area contributed by atoms with Crippen molar-refractivity contribution in [1.82, 2.24) is 4.98 Å². The van der Waals surface area contributed by atoms with E-state index in [0.717, 1.165) is 28.4 Å². The smallest absolute Gasteiger partial charge is 0.231 e. The zero-order valence-corrected chi connectivity index (χ0v) is 11.8. The molecule has 1 N–H and O–H groups in total. The van der Waals surface area contributed by atoms with Gasteiger partial charge in [0.05, 0.1) is 0 Å². The van der Waals surface area contributed by atoms with Gasteiger partial charge in [-0.05, 0) is 43.2 Å². The van der Waals surface area contributed by atoms with Crippen molar-refractivity contribution in [3.8, 4) is 11.5 Å². The highest BCUT2D eigenvalue weighted by Gasteiger charge is 2.13. The fraction of sp³-hybridized carbons (Fsp3) is 0.250. The number of pyridine rings is 1. The Labute approximate surface area is 122 Å². The largest absolute Gasteiger partial charge is 0.454 e. The Balaban J connectivity index is 1.56. The van der Waals surface area contributed by atoms with Crippen LogP contribution in [-0.2, 0) is 11.2 Å². The fourth-order valence-corrected chi connectivity index (χ4v) is 2.20. The zero-order chi connectivity index (χ0) is 14.7. The summed E-state index contributed by atoms with van der Waals surface area (Å²) in [4.78, 5) is 16.0. The van der Waals surface area contributed by atoms with E-state index in [-0.39, 0.29) is 12.7 Å². The molecule has 0 saturated heterocycles. The average Bonchev–Trinajstić information content (AvgIpc) is 2.92. The van der Waals surface area contributed by atoms with Crippen LogP contribution in [0.3, 0.4) is 0 Å². The average molecular weight is 284 g/mol. The van der Waals surface area contributed by atoms with E-state index in [0.29, 0.717) is 12.8 Å². The summed E-state index contributed by atoms with van der Waals surface area (Å²) in [5, 5.41) is 2.87. The van der Waals surface area contributed by atoms with E-state index in [1.165, 1.54) is 0 Å². The van der Waals surface area contributed by atoms with Crippen LogP contribution < -0.4 is 14.8 Å². The van der Waals surface area contributed by atoms with E-state index in [1.54, 1.807) is 12.3 Å². The van der Waals surface area contributed by atoms with Gasteiger partial charge < -0.3 is 14.8 Å². The maximum atomic E-state index is 11.9. The van der Waals surface area contributed by atoms with Crippen molar-refractivity contribution in [3.63, 3.8) is 0 Å². The number of hydrogen-bond donors (Lipinski definition) is 1. The predicted molar refractivity (Wildman–Crippen MR) is 78.5 cm³/mol. The van der Waals surface area contributed by atoms with Crippen LogP contribution in [0, 0.1) is 6.92 Å². The molecule has 3 rings (SSSR count). The number of fused-ring (bicyclic) bond motifs is 1. The molecule has 0 saturated carbocycles. The van der Waals surface area contributed by atoms with Crippen molar-refractivity contribution in [2.45, 2.75) is 19.8 Å². The monoisotopic (exact) mass is 284 g/mol. The van der Waals surface area contributed by atoms with Crippen LogP contribution in [0.15, 0.2) is 36.5 Å². The number of benzene rings is 1. The first-order chi connectivity index (χ1) is 10.2. The number of anilines is 1. The quantitative estimate of drug-likeness (QED) is 0.937. The maximum Gasteiger partial charge on any atom is 0.231 e. The maximum absolute atomic E-state index is 11.9. The summed E-state index contributed by atoms with van der Waals surface area (Å²) in [6.07, 6.45) is 2.76. The number of aryl methyl sites for hydroxylation is 2. The van der Waals surface area contributed by atoms with Crippen molar-refractivity contribution < 1.29 is 14.3 Å². The van der Waals surface area contributed by atoms with Gasteiger partial charge in [-0.1, -0.05) is 6.07 Å². The Morgan fingerprint density at radius 2 is 2.10 bits per heavy atom. The summed E-state index contributed by atoms with van der Waals surface area (Å²) in [6, 6.07) is 9.38. The number of rotatable bonds is 4. The predicted octanol–water partition coefficient (Wildman–Crippen LogP) is 2.69. The molecule has 0 radical (unpaired) electrons. The molecule has 0 atom stereocenters. The highest BCUT2D eigenvalue weighted by molar-refractivity contribution is 5.90. The van der Waals surface area contributed by atoms with Gasteiger partial charge >= 0.3 is 0 Å². The highest BCUT2D eigenvalue weighted by atomic mass is 16.7. The minimum absolute atomic E-state index is 0.0155. The number of carbonyl (C=O) groups is 1. The lowest BCUT2D eigenvalue weighted by molar-refractivity contribution is -0.116. The Morgan fingerprint density at radius 1 is 1.24 bits per heavy atom. The number of aromatic nitrogens is 1. The molecule has 1 aliphatic heterocycles. The van der Waals surface area contributed by atoms with Gasteiger partial charge in [0.1, 0.15) is 0 Å². The number of nitrogens with one attached hydrogen (secondary N) is 1. The first-order valence-electron chi connectivity index (χ1n) is 6.82. The molecule has 1 aromatic carbocycles. The van der Waals surface area contributed by atoms with Crippen LogP contribution >= 0.6 is 0 Å². The van der Waals surface area contributed by atoms with Gasteiger partial charge in [-0.2, -0.15) is 0 Å². The normalized spacial score (nSPS) is 12.2. The Morgan fingerprint density at radius 3 is 2.95 bits per heavy atom. The van der Waals surface area contributed by atoms with Gasteiger partial charge in [-0.15, -0.1) is 0 Å². The van der Waals surface area contributed by atoms with E-state index < -0.39 is 0 Å². The van der Waals surface area contributed by atoms with Crippen LogP contribution in [0.25, 0.3) is 0 Å². The number of hydrogen-bond acceptors (Lipinski definition) is 4. The molecule has 1 aromatic heterocycles. The number of nitrogens with zero attached hydrogens (tertiary/aromatic N) is 1. The van der Waals surface area contributed by atoms with Gasteiger partial charge in [0.2, 0.25) is 12.7 Å². The Bertz CT molecular complexity index is 670. The Hall–Kier alpha value is -2.56. The number of amides is 1. The first kappa shape index (κ1) is 13.4. The van der Waals surface area contributed by atoms with Gasteiger partial charge in [0.25, 0.3) is 0 Å². The summed E-state index contributed by atoms with van der Waals surface area (Å²) in [5.74, 6) is 1.49. The second-order valence-corrected chi connectivity index (χ2v) is 4.92. The van der Waals surface area contributed by atoms with Crippen molar-refractivity contribution in [1.29, 1.82) is 0 Å². The third-order valence-corrected chi connectivity index (χ3v) is 3.26. The molecular formula is C16H16N2O3. The molecule has 5 heteroatoms. The Kier molecular flexibility index (Phi) is 3.73. The number of carbonyl (C=O) groups excluding carboxylic acids is 1. The lowest BCUT2D eigenvalue weighted by Crippen LogP contribution is -2.12. The van der Waals surface area contributed by atoms with Crippen LogP contribution in [0.1, 0.15) is 17.7 Å². The van der Waals surface area contributed by atoms with Crippen LogP contribution in [-0.4, -0.2) is 17.7 Å². The minimum atomic E-state index is -0.0155. The van der Waals surface area contributed by atoms with E-state index in [9.17, 15) is 4.79 Å². The zero-order valence-electron chi connectivity index (χ0n) is 11.8. The minimum Gasteiger partial charge on any atom is -0.454 e. The lowest BCUT2D eigenvalue weighted by atomic mass is 10.1. The standard InChI is InChI=1S/C16H16N2O3/c1-11-8-13(6-7-17-11)18-16(19)5-3-12-2-4-14-15(9-12)21-10-20-14/h2,4,6-9H,3,5,10H2,1H3,(H,17,18,19). The summed E-state index contributed by atoms with van der Waals surface area (Å²) < 4.78 is 10.6. The second kappa shape index (κ2) is 5.83. The summed E-state index contributed by atoms with van der Waals surface area (Å²) in [5.41, 5.74) is 2.71. The van der Waals surface area contributed by atoms with E-state index in [1.807, 2.05) is 31.2 Å². The molecule has 0 aliphatic carbocycles. The molecule has 1 amide bonds. The van der Waals surface area contributed by atoms with Gasteiger partial charge in [0, 0.05) is 24.0 Å². The summed E-state index contributed by atoms with van der Waals surface area (Å²) >= 11 is 0. The highest BCUT2D eigenvalue weighted by Crippen LogP contribution is 2.32. The number of ether oxygens (including phenoxy) is 2. The molecule has 0 unspecified atom stereocenters. The molecule has 21 heavy (non-hydrogen) atoms. The van der Waals surface area contributed by atoms with Gasteiger partial charge in [0.15, 0.2) is 11.5 Å².